The molecule has 6 nitrogen and oxygen atoms in total. The van der Waals surface area contributed by atoms with E-state index in [0.717, 1.165) is 30.6 Å². The fourth-order valence-electron chi connectivity index (χ4n) is 3.83. The molecule has 1 aliphatic heterocycles. The lowest BCUT2D eigenvalue weighted by atomic mass is 9.88. The molecule has 0 radical (unpaired) electrons. The first-order chi connectivity index (χ1) is 15.3. The molecule has 0 bridgehead atoms. The van der Waals surface area contributed by atoms with Crippen LogP contribution in [0.5, 0.6) is 5.75 Å². The highest BCUT2D eigenvalue weighted by Gasteiger charge is 2.32. The lowest BCUT2D eigenvalue weighted by Gasteiger charge is -2.34. The number of hydrogen-bond donors (Lipinski definition) is 1. The number of unbranched alkanes of at least 4 members (excludes halogenated alkanes) is 1. The van der Waals surface area contributed by atoms with Crippen molar-refractivity contribution in [2.75, 3.05) is 19.7 Å². The second-order valence-corrected chi connectivity index (χ2v) is 9.27. The molecule has 0 aliphatic carbocycles. The third kappa shape index (κ3) is 7.84. The molecule has 1 aliphatic rings. The molecule has 3 rings (SSSR count). The maximum absolute atomic E-state index is 11.8. The van der Waals surface area contributed by atoms with Crippen LogP contribution < -0.4 is 4.74 Å². The molecule has 2 unspecified atom stereocenters. The van der Waals surface area contributed by atoms with Crippen LogP contribution in [0.1, 0.15) is 57.1 Å². The first-order valence-electron chi connectivity index (χ1n) is 11.4. The molecule has 6 heteroatoms. The normalized spacial score (nSPS) is 19.4. The zero-order chi connectivity index (χ0) is 23.0. The lowest BCUT2D eigenvalue weighted by Crippen LogP contribution is -2.44. The second kappa shape index (κ2) is 11.3. The number of carbonyl (C=O) groups excluding carboxylic acids is 1. The Morgan fingerprint density at radius 1 is 1.06 bits per heavy atom. The number of benzene rings is 2. The average molecular weight is 442 g/mol. The molecule has 0 amide bonds. The van der Waals surface area contributed by atoms with Crippen LogP contribution in [0.2, 0.25) is 0 Å². The van der Waals surface area contributed by atoms with Crippen LogP contribution in [0.3, 0.4) is 0 Å². The fraction of sp³-hybridized carbons (Fsp3) is 0.500. The summed E-state index contributed by atoms with van der Waals surface area (Å²) in [5.74, 6) is 0.835. The van der Waals surface area contributed by atoms with Gasteiger partial charge >= 0.3 is 6.16 Å². The number of rotatable bonds is 8. The van der Waals surface area contributed by atoms with Gasteiger partial charge in [-0.2, -0.15) is 0 Å². The molecule has 2 atom stereocenters. The van der Waals surface area contributed by atoms with E-state index in [-0.39, 0.29) is 12.5 Å². The molecule has 1 fully saturated rings. The smallest absolute Gasteiger partial charge is 0.494 e. The maximum atomic E-state index is 11.8. The Bertz CT molecular complexity index is 832. The van der Waals surface area contributed by atoms with Crippen LogP contribution in [-0.4, -0.2) is 47.7 Å². The summed E-state index contributed by atoms with van der Waals surface area (Å²) in [5.41, 5.74) is 1.81. The number of aliphatic hydroxyl groups is 1. The van der Waals surface area contributed by atoms with E-state index in [1.54, 1.807) is 20.8 Å². The van der Waals surface area contributed by atoms with E-state index < -0.39 is 17.9 Å². The van der Waals surface area contributed by atoms with Crippen molar-refractivity contribution in [3.8, 4) is 5.75 Å². The van der Waals surface area contributed by atoms with Gasteiger partial charge < -0.3 is 19.4 Å². The molecular formula is C26H35NO5. The molecule has 32 heavy (non-hydrogen) atoms. The van der Waals surface area contributed by atoms with E-state index >= 15 is 0 Å². The third-order valence-electron chi connectivity index (χ3n) is 5.42. The minimum Gasteiger partial charge on any atom is -0.494 e. The van der Waals surface area contributed by atoms with Gasteiger partial charge in [-0.1, -0.05) is 42.5 Å². The first-order valence-corrected chi connectivity index (χ1v) is 11.4. The number of carbonyl (C=O) groups is 1. The van der Waals surface area contributed by atoms with Crippen molar-refractivity contribution >= 4 is 6.16 Å². The summed E-state index contributed by atoms with van der Waals surface area (Å²) in [5, 5.41) is 12.1. The number of β-amino-alcohol motifs (C(OH)–C–C–N with tert-alkyl or cyclic N) is 1. The molecule has 1 saturated heterocycles. The molecule has 0 aromatic heterocycles. The Morgan fingerprint density at radius 3 is 2.44 bits per heavy atom. The monoisotopic (exact) mass is 441 g/mol. The van der Waals surface area contributed by atoms with E-state index in [4.69, 9.17) is 14.3 Å². The highest BCUT2D eigenvalue weighted by molar-refractivity contribution is 5.60. The summed E-state index contributed by atoms with van der Waals surface area (Å²) in [4.78, 5) is 17.1. The Morgan fingerprint density at radius 2 is 1.78 bits per heavy atom. The van der Waals surface area contributed by atoms with Gasteiger partial charge in [-0.3, -0.25) is 0 Å². The summed E-state index contributed by atoms with van der Waals surface area (Å²) in [6.45, 7) is 6.84. The largest absolute Gasteiger partial charge is 0.528 e. The molecular weight excluding hydrogens is 406 g/mol. The quantitative estimate of drug-likeness (QED) is 0.454. The number of nitrogens with zero attached hydrogens (tertiary/aromatic N) is 1. The number of ether oxygens (including phenoxy) is 2. The second-order valence-electron chi connectivity index (χ2n) is 9.27. The predicted molar refractivity (Wildman–Crippen MR) is 124 cm³/mol. The minimum atomic E-state index is -0.742. The summed E-state index contributed by atoms with van der Waals surface area (Å²) in [7, 11) is 0. The van der Waals surface area contributed by atoms with Gasteiger partial charge in [-0.15, -0.1) is 5.06 Å². The van der Waals surface area contributed by atoms with Gasteiger partial charge in [0.15, 0.2) is 0 Å². The minimum absolute atomic E-state index is 0.00610. The van der Waals surface area contributed by atoms with Crippen molar-refractivity contribution in [1.29, 1.82) is 0 Å². The summed E-state index contributed by atoms with van der Waals surface area (Å²) in [6, 6.07) is 18.4. The first kappa shape index (κ1) is 24.1. The highest BCUT2D eigenvalue weighted by atomic mass is 16.8. The molecule has 1 N–H and O–H groups in total. The molecule has 2 aromatic carbocycles. The SMILES string of the molecule is CC(C)(C)OC(=O)ON1CCC(c2ccc(OCCCCc3ccccc3)cc2)C(O)C1. The number of hydrogen-bond acceptors (Lipinski definition) is 6. The third-order valence-corrected chi connectivity index (χ3v) is 5.42. The van der Waals surface area contributed by atoms with Crippen LogP contribution in [-0.2, 0) is 16.0 Å². The fourth-order valence-corrected chi connectivity index (χ4v) is 3.83. The molecule has 0 spiro atoms. The van der Waals surface area contributed by atoms with Gasteiger partial charge in [-0.25, -0.2) is 4.79 Å². The van der Waals surface area contributed by atoms with Crippen LogP contribution in [0.25, 0.3) is 0 Å². The van der Waals surface area contributed by atoms with E-state index in [9.17, 15) is 9.90 Å². The van der Waals surface area contributed by atoms with Gasteiger partial charge in [0.05, 0.1) is 19.3 Å². The standard InChI is InChI=1S/C26H35NO5/c1-26(2,3)31-25(29)32-27-17-16-23(24(28)19-27)21-12-14-22(15-13-21)30-18-8-7-11-20-9-5-4-6-10-20/h4-6,9-10,12-15,23-24,28H,7-8,11,16-19H2,1-3H3. The van der Waals surface area contributed by atoms with E-state index in [2.05, 4.69) is 24.3 Å². The van der Waals surface area contributed by atoms with Crippen LogP contribution >= 0.6 is 0 Å². The number of piperidine rings is 1. The van der Waals surface area contributed by atoms with Crippen molar-refractivity contribution in [3.63, 3.8) is 0 Å². The van der Waals surface area contributed by atoms with Gasteiger partial charge in [0, 0.05) is 12.5 Å². The van der Waals surface area contributed by atoms with Crippen molar-refractivity contribution in [2.45, 2.75) is 64.1 Å². The maximum Gasteiger partial charge on any atom is 0.528 e. The number of aryl methyl sites for hydroxylation is 1. The number of aliphatic hydroxyl groups excluding tert-OH is 1. The lowest BCUT2D eigenvalue weighted by molar-refractivity contribution is -0.170. The molecule has 174 valence electrons. The van der Waals surface area contributed by atoms with Crippen LogP contribution in [0, 0.1) is 0 Å². The summed E-state index contributed by atoms with van der Waals surface area (Å²) < 4.78 is 11.0. The predicted octanol–water partition coefficient (Wildman–Crippen LogP) is 5.11. The van der Waals surface area contributed by atoms with Crippen LogP contribution in [0.15, 0.2) is 54.6 Å². The molecule has 1 heterocycles. The van der Waals surface area contributed by atoms with E-state index in [1.807, 2.05) is 30.3 Å². The highest BCUT2D eigenvalue weighted by Crippen LogP contribution is 2.30. The average Bonchev–Trinajstić information content (AvgIpc) is 2.74. The topological polar surface area (TPSA) is 68.2 Å². The Hall–Kier alpha value is -2.57. The zero-order valence-electron chi connectivity index (χ0n) is 19.3. The van der Waals surface area contributed by atoms with Crippen LogP contribution in [0.4, 0.5) is 4.79 Å². The van der Waals surface area contributed by atoms with Crippen molar-refractivity contribution in [1.82, 2.24) is 5.06 Å². The summed E-state index contributed by atoms with van der Waals surface area (Å²) >= 11 is 0. The Labute approximate surface area is 191 Å². The van der Waals surface area contributed by atoms with Crippen molar-refractivity contribution in [3.05, 3.63) is 65.7 Å². The zero-order valence-corrected chi connectivity index (χ0v) is 19.3. The van der Waals surface area contributed by atoms with Gasteiger partial charge in [0.1, 0.15) is 11.4 Å². The molecule has 2 aromatic rings. The van der Waals surface area contributed by atoms with Crippen molar-refractivity contribution < 1.29 is 24.2 Å². The summed E-state index contributed by atoms with van der Waals surface area (Å²) in [6.07, 6.45) is 2.48. The van der Waals surface area contributed by atoms with Gasteiger partial charge in [0.2, 0.25) is 0 Å². The van der Waals surface area contributed by atoms with Crippen molar-refractivity contribution in [2.24, 2.45) is 0 Å². The van der Waals surface area contributed by atoms with E-state index in [1.165, 1.54) is 10.6 Å². The Kier molecular flexibility index (Phi) is 8.53. The van der Waals surface area contributed by atoms with Gasteiger partial charge in [-0.05, 0) is 69.7 Å². The van der Waals surface area contributed by atoms with E-state index in [0.29, 0.717) is 19.6 Å². The molecule has 0 saturated carbocycles. The number of hydroxylamine groups is 2. The Balaban J connectivity index is 1.39. The van der Waals surface area contributed by atoms with Gasteiger partial charge in [0.25, 0.3) is 0 Å².